The lowest BCUT2D eigenvalue weighted by molar-refractivity contribution is -0.380. The van der Waals surface area contributed by atoms with Crippen LogP contribution in [0.15, 0.2) is 11.6 Å². The standard InChI is InChI=1S/C61H104O27/c1-25(10-14-37(58(5,6)78)87-56-51(88-55-50(77)45(72)41(68)32(22-64)83-55)47(74)43(70)34(85-56)24-79-52-39(66)26(2)38(65)30(20-62)81-52)27-16-17-61(9)35-13-11-28-29(59(35,7)18-19-60(27,61)8)12-15-36(57(28,3)4)86-54-49(76)46(73)42(69)33(84-54)23-80-53-48(75)44(71)40(67)31(21-63)82-53/h11,25-27,29-56,62-78H,10,12-24H2,1-9H3/t25-,26+,27?,29?,30-,31-,32+,33-,34-,35?,36+,37-,38+,39-,40-,41+,42-,43-,44+,45-,46+,47+,48-,49-,50+,51-,52-,53-,54+,55-,56+,59+,60-,61+/m1/s1. The molecule has 88 heavy (non-hydrogen) atoms. The first-order chi connectivity index (χ1) is 41.2. The zero-order valence-electron chi connectivity index (χ0n) is 52.1. The van der Waals surface area contributed by atoms with Gasteiger partial charge in [0.15, 0.2) is 31.5 Å². The largest absolute Gasteiger partial charge is 0.394 e. The molecule has 3 saturated carbocycles. The van der Waals surface area contributed by atoms with E-state index in [0.29, 0.717) is 18.8 Å². The van der Waals surface area contributed by atoms with Crippen LogP contribution in [0.2, 0.25) is 0 Å². The average Bonchev–Trinajstić information content (AvgIpc) is 2.12. The Bertz CT molecular complexity index is 2310. The molecule has 27 heteroatoms. The third-order valence-corrected chi connectivity index (χ3v) is 23.2. The highest BCUT2D eigenvalue weighted by atomic mass is 16.8. The SMILES string of the molecule is C[C@@H]1[C@@H](O)[C@H](OC[C@H]2O[C@@H](O[C@H](CC[C@@H](C)C3CC[C@@]4(C)C5CC=C6C(CC[C@H](O[C@@H]7O[C@H](CO[C@@H]8O[C@H](CO)[C@@H](O)[C@H](O)[C@H]8O)[C@@H](O)[C@H](O)[C@H]7O)C6(C)C)[C@]5(C)CC[C@]34C)C(C)(C)O)[C@H](O[C@H]3O[C@@H](CO)[C@H](O)[C@@H](O)[C@@H]3O)[C@@H](O)[C@@H]2O)O[C@H](CO)[C@H]1O. The second-order valence-electron chi connectivity index (χ2n) is 29.0. The molecule has 0 aromatic heterocycles. The summed E-state index contributed by atoms with van der Waals surface area (Å²) in [7, 11) is 0. The summed E-state index contributed by atoms with van der Waals surface area (Å²) in [6, 6.07) is 0. The molecule has 0 spiro atoms. The summed E-state index contributed by atoms with van der Waals surface area (Å²) in [5.41, 5.74) is -1.12. The minimum absolute atomic E-state index is 0.0805. The van der Waals surface area contributed by atoms with Gasteiger partial charge in [-0.15, -0.1) is 0 Å². The van der Waals surface area contributed by atoms with Gasteiger partial charge in [-0.1, -0.05) is 60.1 Å². The molecular formula is C61H104O27. The van der Waals surface area contributed by atoms with Crippen LogP contribution in [0, 0.1) is 51.2 Å². The number of rotatable bonds is 20. The van der Waals surface area contributed by atoms with Crippen molar-refractivity contribution in [2.75, 3.05) is 33.0 Å². The molecule has 9 aliphatic rings. The summed E-state index contributed by atoms with van der Waals surface area (Å²) < 4.78 is 60.0. The number of hydrogen-bond acceptors (Lipinski definition) is 27. The second-order valence-corrected chi connectivity index (χ2v) is 29.0. The van der Waals surface area contributed by atoms with Gasteiger partial charge < -0.3 is 134 Å². The van der Waals surface area contributed by atoms with Crippen LogP contribution >= 0.6 is 0 Å². The van der Waals surface area contributed by atoms with Crippen molar-refractivity contribution in [1.29, 1.82) is 0 Å². The van der Waals surface area contributed by atoms with Crippen LogP contribution in [-0.2, 0) is 47.4 Å². The third kappa shape index (κ3) is 13.0. The number of fused-ring (bicyclic) bond motifs is 5. The predicted molar refractivity (Wildman–Crippen MR) is 302 cm³/mol. The summed E-state index contributed by atoms with van der Waals surface area (Å²) in [5.74, 6) is 0.0996. The zero-order chi connectivity index (χ0) is 64.7. The second kappa shape index (κ2) is 27.4. The third-order valence-electron chi connectivity index (χ3n) is 23.2. The van der Waals surface area contributed by atoms with Crippen LogP contribution in [0.4, 0.5) is 0 Å². The fourth-order valence-corrected chi connectivity index (χ4v) is 17.2. The van der Waals surface area contributed by atoms with Gasteiger partial charge in [-0.2, -0.15) is 0 Å². The van der Waals surface area contributed by atoms with Crippen molar-refractivity contribution in [2.24, 2.45) is 51.2 Å². The Labute approximate surface area is 514 Å². The van der Waals surface area contributed by atoms with Gasteiger partial charge >= 0.3 is 0 Å². The van der Waals surface area contributed by atoms with E-state index in [-0.39, 0.29) is 40.4 Å². The van der Waals surface area contributed by atoms with Crippen LogP contribution in [0.1, 0.15) is 120 Å². The van der Waals surface area contributed by atoms with Gasteiger partial charge in [-0.25, -0.2) is 0 Å². The Morgan fingerprint density at radius 2 is 1.00 bits per heavy atom. The quantitative estimate of drug-likeness (QED) is 0.0537. The molecule has 8 fully saturated rings. The van der Waals surface area contributed by atoms with Gasteiger partial charge in [0.25, 0.3) is 0 Å². The lowest BCUT2D eigenvalue weighted by Gasteiger charge is -2.66. The Morgan fingerprint density at radius 3 is 1.56 bits per heavy atom. The van der Waals surface area contributed by atoms with Gasteiger partial charge in [0.1, 0.15) is 110 Å². The monoisotopic (exact) mass is 1270 g/mol. The molecule has 5 saturated heterocycles. The fourth-order valence-electron chi connectivity index (χ4n) is 17.2. The van der Waals surface area contributed by atoms with E-state index >= 15 is 0 Å². The average molecular weight is 1270 g/mol. The van der Waals surface area contributed by atoms with Crippen LogP contribution in [-0.4, -0.2) is 285 Å². The molecule has 0 radical (unpaired) electrons. The molecule has 27 nitrogen and oxygen atoms in total. The smallest absolute Gasteiger partial charge is 0.187 e. The molecule has 0 aromatic carbocycles. The van der Waals surface area contributed by atoms with Gasteiger partial charge in [0.2, 0.25) is 0 Å². The molecule has 5 aliphatic heterocycles. The highest BCUT2D eigenvalue weighted by molar-refractivity contribution is 5.30. The van der Waals surface area contributed by atoms with Gasteiger partial charge in [-0.3, -0.25) is 0 Å². The highest BCUT2D eigenvalue weighted by Gasteiger charge is 2.68. The molecule has 0 amide bonds. The normalized spacial score (nSPS) is 51.4. The van der Waals surface area contributed by atoms with E-state index in [1.54, 1.807) is 20.8 Å². The number of aliphatic hydroxyl groups is 17. The summed E-state index contributed by atoms with van der Waals surface area (Å²) in [6.07, 6.45) is -29.7. The van der Waals surface area contributed by atoms with Crippen LogP contribution < -0.4 is 0 Å². The molecule has 3 unspecified atom stereocenters. The van der Waals surface area contributed by atoms with Crippen molar-refractivity contribution >= 4 is 0 Å². The highest BCUT2D eigenvalue weighted by Crippen LogP contribution is 2.75. The molecule has 510 valence electrons. The number of aliphatic hydroxyl groups excluding tert-OH is 16. The molecule has 0 bridgehead atoms. The van der Waals surface area contributed by atoms with Crippen LogP contribution in [0.25, 0.3) is 0 Å². The maximum absolute atomic E-state index is 11.9. The summed E-state index contributed by atoms with van der Waals surface area (Å²) in [4.78, 5) is 0. The first kappa shape index (κ1) is 71.0. The molecule has 34 atom stereocenters. The minimum Gasteiger partial charge on any atom is -0.394 e. The van der Waals surface area contributed by atoms with Gasteiger partial charge in [0, 0.05) is 11.3 Å². The molecule has 4 aliphatic carbocycles. The van der Waals surface area contributed by atoms with Crippen LogP contribution in [0.3, 0.4) is 0 Å². The summed E-state index contributed by atoms with van der Waals surface area (Å²) in [5, 5.41) is 183. The predicted octanol–water partition coefficient (Wildman–Crippen LogP) is -3.10. The van der Waals surface area contributed by atoms with Crippen molar-refractivity contribution < 1.29 is 134 Å². The van der Waals surface area contributed by atoms with Gasteiger partial charge in [0.05, 0.1) is 56.9 Å². The summed E-state index contributed by atoms with van der Waals surface area (Å²) in [6.45, 7) is 15.4. The van der Waals surface area contributed by atoms with Crippen molar-refractivity contribution in [2.45, 2.75) is 285 Å². The maximum Gasteiger partial charge on any atom is 0.187 e. The van der Waals surface area contributed by atoms with E-state index in [1.165, 1.54) is 5.57 Å². The van der Waals surface area contributed by atoms with E-state index < -0.39 is 210 Å². The Kier molecular flexibility index (Phi) is 22.1. The Morgan fingerprint density at radius 1 is 0.523 bits per heavy atom. The van der Waals surface area contributed by atoms with Gasteiger partial charge in [-0.05, 0) is 112 Å². The van der Waals surface area contributed by atoms with Crippen molar-refractivity contribution in [1.82, 2.24) is 0 Å². The van der Waals surface area contributed by atoms with Crippen LogP contribution in [0.5, 0.6) is 0 Å². The molecule has 0 aromatic rings. The van der Waals surface area contributed by atoms with E-state index in [0.717, 1.165) is 38.5 Å². The number of allylic oxidation sites excluding steroid dienone is 1. The number of ether oxygens (including phenoxy) is 10. The van der Waals surface area contributed by atoms with Crippen molar-refractivity contribution in [3.63, 3.8) is 0 Å². The maximum atomic E-state index is 11.9. The molecule has 17 N–H and O–H groups in total. The number of hydrogen-bond donors (Lipinski definition) is 17. The van der Waals surface area contributed by atoms with E-state index in [1.807, 2.05) is 0 Å². The van der Waals surface area contributed by atoms with E-state index in [2.05, 4.69) is 47.6 Å². The van der Waals surface area contributed by atoms with Crippen molar-refractivity contribution in [3.8, 4) is 0 Å². The Hall–Kier alpha value is -1.34. The lowest BCUT2D eigenvalue weighted by Crippen LogP contribution is -2.65. The molecule has 5 heterocycles. The molecule has 9 rings (SSSR count). The molecular weight excluding hydrogens is 1160 g/mol. The fraction of sp³-hybridized carbons (Fsp3) is 0.967. The Balaban J connectivity index is 0.871. The lowest BCUT2D eigenvalue weighted by atomic mass is 9.39. The van der Waals surface area contributed by atoms with Crippen molar-refractivity contribution in [3.05, 3.63) is 11.6 Å². The topological polar surface area (TPSA) is 436 Å². The summed E-state index contributed by atoms with van der Waals surface area (Å²) >= 11 is 0. The van der Waals surface area contributed by atoms with E-state index in [9.17, 15) is 86.8 Å². The minimum atomic E-state index is -1.91. The first-order valence-corrected chi connectivity index (χ1v) is 31.8. The first-order valence-electron chi connectivity index (χ1n) is 31.8. The zero-order valence-corrected chi connectivity index (χ0v) is 52.1. The van der Waals surface area contributed by atoms with E-state index in [4.69, 9.17) is 47.4 Å².